The number of carbonyl (C=O) groups excluding carboxylic acids is 1. The maximum Gasteiger partial charge on any atom is 0.244 e. The molecule has 6 heteroatoms. The van der Waals surface area contributed by atoms with Crippen LogP contribution in [0.5, 0.6) is 0 Å². The lowest BCUT2D eigenvalue weighted by Crippen LogP contribution is -2.50. The van der Waals surface area contributed by atoms with E-state index in [1.807, 2.05) is 7.05 Å². The van der Waals surface area contributed by atoms with Gasteiger partial charge in [-0.1, -0.05) is 18.5 Å². The summed E-state index contributed by atoms with van der Waals surface area (Å²) in [4.78, 5) is 14.3. The van der Waals surface area contributed by atoms with Gasteiger partial charge in [-0.25, -0.2) is 0 Å². The van der Waals surface area contributed by atoms with Crippen LogP contribution in [-0.2, 0) is 4.79 Å². The third kappa shape index (κ3) is 4.21. The Morgan fingerprint density at radius 1 is 1.63 bits per heavy atom. The fraction of sp³-hybridized carbons (Fsp3) is 0.692. The second-order valence-corrected chi connectivity index (χ2v) is 5.80. The third-order valence-corrected chi connectivity index (χ3v) is 3.74. The van der Waals surface area contributed by atoms with Crippen molar-refractivity contribution >= 4 is 17.5 Å². The van der Waals surface area contributed by atoms with E-state index in [0.29, 0.717) is 11.6 Å². The first-order valence-electron chi connectivity index (χ1n) is 6.46. The number of hydrogen-bond donors (Lipinski definition) is 1. The lowest BCUT2D eigenvalue weighted by atomic mass is 10.0. The van der Waals surface area contributed by atoms with Gasteiger partial charge in [0.05, 0.1) is 11.2 Å². The minimum atomic E-state index is -0.366. The molecule has 1 heterocycles. The maximum absolute atomic E-state index is 12.1. The normalized spacial score (nSPS) is 13.6. The Balaban J connectivity index is 2.56. The molecule has 1 atom stereocenters. The van der Waals surface area contributed by atoms with Crippen LogP contribution < -0.4 is 5.32 Å². The average Bonchev–Trinajstić information content (AvgIpc) is 2.80. The molecule has 108 valence electrons. The Hall–Kier alpha value is -1.07. The van der Waals surface area contributed by atoms with Crippen LogP contribution in [0, 0.1) is 0 Å². The Kier molecular flexibility index (Phi) is 5.38. The van der Waals surface area contributed by atoms with Crippen molar-refractivity contribution in [3.8, 4) is 0 Å². The lowest BCUT2D eigenvalue weighted by molar-refractivity contribution is -0.124. The monoisotopic (exact) mass is 286 g/mol. The van der Waals surface area contributed by atoms with E-state index in [1.54, 1.807) is 17.8 Å². The topological polar surface area (TPSA) is 50.2 Å². The molecule has 1 unspecified atom stereocenters. The molecule has 0 saturated carbocycles. The highest BCUT2D eigenvalue weighted by Crippen LogP contribution is 2.13. The number of nitrogens with one attached hydrogen (secondary N) is 1. The third-order valence-electron chi connectivity index (χ3n) is 3.55. The van der Waals surface area contributed by atoms with Crippen LogP contribution in [0.25, 0.3) is 0 Å². The Labute approximate surface area is 119 Å². The number of likely N-dealkylation sites (N-methyl/N-ethyl adjacent to an activating group) is 1. The van der Waals surface area contributed by atoms with Crippen LogP contribution in [0.1, 0.15) is 33.7 Å². The summed E-state index contributed by atoms with van der Waals surface area (Å²) in [5, 5.41) is 7.54. The molecular weight excluding hydrogens is 264 g/mol. The standard InChI is InChI=1S/C13H23ClN4O/c1-6-17(5)13(3,4)9-15-12(19)10(2)18-8-11(14)7-16-18/h7-8,10H,6,9H2,1-5H3,(H,15,19). The zero-order valence-electron chi connectivity index (χ0n) is 12.3. The number of aromatic nitrogens is 2. The van der Waals surface area contributed by atoms with Gasteiger partial charge in [0.15, 0.2) is 0 Å². The predicted molar refractivity (Wildman–Crippen MR) is 77.3 cm³/mol. The van der Waals surface area contributed by atoms with Crippen molar-refractivity contribution in [2.75, 3.05) is 20.1 Å². The molecule has 1 rings (SSSR count). The first-order valence-corrected chi connectivity index (χ1v) is 6.84. The molecule has 1 amide bonds. The van der Waals surface area contributed by atoms with E-state index in [0.717, 1.165) is 6.54 Å². The summed E-state index contributed by atoms with van der Waals surface area (Å²) in [6, 6.07) is -0.366. The molecular formula is C13H23ClN4O. The molecule has 0 spiro atoms. The van der Waals surface area contributed by atoms with Crippen LogP contribution in [0.3, 0.4) is 0 Å². The van der Waals surface area contributed by atoms with Gasteiger partial charge in [0.1, 0.15) is 6.04 Å². The maximum atomic E-state index is 12.1. The Morgan fingerprint density at radius 2 is 2.26 bits per heavy atom. The molecule has 0 fully saturated rings. The first-order chi connectivity index (χ1) is 8.77. The second-order valence-electron chi connectivity index (χ2n) is 5.36. The van der Waals surface area contributed by atoms with Crippen molar-refractivity contribution in [2.24, 2.45) is 0 Å². The summed E-state index contributed by atoms with van der Waals surface area (Å²) in [6.07, 6.45) is 3.18. The van der Waals surface area contributed by atoms with E-state index in [1.165, 1.54) is 6.20 Å². The number of rotatable bonds is 6. The number of amides is 1. The van der Waals surface area contributed by atoms with Crippen molar-refractivity contribution in [1.82, 2.24) is 20.0 Å². The summed E-state index contributed by atoms with van der Waals surface area (Å²) in [6.45, 7) is 9.63. The van der Waals surface area contributed by atoms with Crippen molar-refractivity contribution < 1.29 is 4.79 Å². The molecule has 0 aliphatic rings. The van der Waals surface area contributed by atoms with Gasteiger partial charge in [0.2, 0.25) is 5.91 Å². The van der Waals surface area contributed by atoms with Gasteiger partial charge in [-0.15, -0.1) is 0 Å². The van der Waals surface area contributed by atoms with Gasteiger partial charge in [-0.2, -0.15) is 5.10 Å². The van der Waals surface area contributed by atoms with E-state index >= 15 is 0 Å². The Morgan fingerprint density at radius 3 is 2.74 bits per heavy atom. The van der Waals surface area contributed by atoms with E-state index in [4.69, 9.17) is 11.6 Å². The van der Waals surface area contributed by atoms with E-state index in [9.17, 15) is 4.79 Å². The summed E-state index contributed by atoms with van der Waals surface area (Å²) in [5.41, 5.74) is -0.0775. The van der Waals surface area contributed by atoms with Gasteiger partial charge < -0.3 is 5.32 Å². The van der Waals surface area contributed by atoms with E-state index in [2.05, 4.69) is 36.1 Å². The molecule has 1 N–H and O–H groups in total. The minimum Gasteiger partial charge on any atom is -0.352 e. The highest BCUT2D eigenvalue weighted by atomic mass is 35.5. The number of nitrogens with zero attached hydrogens (tertiary/aromatic N) is 3. The van der Waals surface area contributed by atoms with Crippen LogP contribution in [0.15, 0.2) is 12.4 Å². The quantitative estimate of drug-likeness (QED) is 0.869. The predicted octanol–water partition coefficient (Wildman–Crippen LogP) is 1.94. The average molecular weight is 287 g/mol. The smallest absolute Gasteiger partial charge is 0.244 e. The van der Waals surface area contributed by atoms with Gasteiger partial charge in [0, 0.05) is 18.3 Å². The fourth-order valence-electron chi connectivity index (χ4n) is 1.66. The van der Waals surface area contributed by atoms with Crippen LogP contribution in [0.2, 0.25) is 5.02 Å². The number of carbonyl (C=O) groups is 1. The SMILES string of the molecule is CCN(C)C(C)(C)CNC(=O)C(C)n1cc(Cl)cn1. The van der Waals surface area contributed by atoms with Crippen molar-refractivity contribution in [1.29, 1.82) is 0 Å². The van der Waals surface area contributed by atoms with E-state index < -0.39 is 0 Å². The molecule has 19 heavy (non-hydrogen) atoms. The van der Waals surface area contributed by atoms with Gasteiger partial charge >= 0.3 is 0 Å². The summed E-state index contributed by atoms with van der Waals surface area (Å²) < 4.78 is 1.56. The number of hydrogen-bond acceptors (Lipinski definition) is 3. The van der Waals surface area contributed by atoms with Gasteiger partial charge in [0.25, 0.3) is 0 Å². The molecule has 0 radical (unpaired) electrons. The lowest BCUT2D eigenvalue weighted by Gasteiger charge is -2.35. The Bertz CT molecular complexity index is 430. The van der Waals surface area contributed by atoms with Crippen LogP contribution >= 0.6 is 11.6 Å². The van der Waals surface area contributed by atoms with Gasteiger partial charge in [-0.05, 0) is 34.4 Å². The molecule has 0 aromatic carbocycles. The molecule has 0 aliphatic heterocycles. The first kappa shape index (κ1) is 16.0. The highest BCUT2D eigenvalue weighted by Gasteiger charge is 2.24. The zero-order valence-corrected chi connectivity index (χ0v) is 13.0. The van der Waals surface area contributed by atoms with Crippen molar-refractivity contribution in [3.05, 3.63) is 17.4 Å². The van der Waals surface area contributed by atoms with Crippen LogP contribution in [0.4, 0.5) is 0 Å². The summed E-state index contributed by atoms with van der Waals surface area (Å²) in [7, 11) is 2.04. The number of halogens is 1. The van der Waals surface area contributed by atoms with Crippen molar-refractivity contribution in [2.45, 2.75) is 39.3 Å². The largest absolute Gasteiger partial charge is 0.352 e. The second kappa shape index (κ2) is 6.39. The minimum absolute atomic E-state index is 0.0580. The molecule has 0 bridgehead atoms. The summed E-state index contributed by atoms with van der Waals surface area (Å²) in [5.74, 6) is -0.0580. The van der Waals surface area contributed by atoms with Crippen LogP contribution in [-0.4, -0.2) is 46.3 Å². The van der Waals surface area contributed by atoms with Crippen molar-refractivity contribution in [3.63, 3.8) is 0 Å². The highest BCUT2D eigenvalue weighted by molar-refractivity contribution is 6.30. The zero-order chi connectivity index (χ0) is 14.6. The molecule has 5 nitrogen and oxygen atoms in total. The molecule has 0 aliphatic carbocycles. The summed E-state index contributed by atoms with van der Waals surface area (Å²) >= 11 is 5.80. The molecule has 1 aromatic rings. The fourth-order valence-corrected chi connectivity index (χ4v) is 1.80. The van der Waals surface area contributed by atoms with E-state index in [-0.39, 0.29) is 17.5 Å². The molecule has 0 saturated heterocycles. The van der Waals surface area contributed by atoms with Gasteiger partial charge in [-0.3, -0.25) is 14.4 Å². The molecule has 1 aromatic heterocycles.